The third-order valence-corrected chi connectivity index (χ3v) is 6.91. The van der Waals surface area contributed by atoms with Crippen molar-refractivity contribution < 1.29 is 32.2 Å². The first-order valence-corrected chi connectivity index (χ1v) is 13.2. The number of benzene rings is 1. The van der Waals surface area contributed by atoms with Gasteiger partial charge in [-0.2, -0.15) is 0 Å². The van der Waals surface area contributed by atoms with Gasteiger partial charge in [0.05, 0.1) is 12.0 Å². The van der Waals surface area contributed by atoms with E-state index in [0.717, 1.165) is 0 Å². The number of para-hydroxylation sites is 1. The second kappa shape index (κ2) is 9.55. The summed E-state index contributed by atoms with van der Waals surface area (Å²) in [5.74, 6) is -1.21. The molecule has 1 aromatic carbocycles. The molecule has 0 radical (unpaired) electrons. The molecule has 202 valence electrons. The zero-order chi connectivity index (χ0) is 27.2. The van der Waals surface area contributed by atoms with E-state index in [4.69, 9.17) is 19.3 Å². The van der Waals surface area contributed by atoms with Crippen molar-refractivity contribution in [2.45, 2.75) is 56.0 Å². The normalized spacial score (nSPS) is 24.2. The number of rotatable bonds is 6. The monoisotopic (exact) mass is 546 g/mol. The molecule has 2 fully saturated rings. The minimum absolute atomic E-state index is 0.00822. The van der Waals surface area contributed by atoms with Gasteiger partial charge in [0.15, 0.2) is 35.1 Å². The van der Waals surface area contributed by atoms with E-state index in [1.54, 1.807) is 31.4 Å². The highest BCUT2D eigenvalue weighted by molar-refractivity contribution is 7.89. The largest absolute Gasteiger partial charge is 0.354 e. The molecule has 3 aromatic rings. The predicted molar refractivity (Wildman–Crippen MR) is 132 cm³/mol. The maximum atomic E-state index is 12.7. The van der Waals surface area contributed by atoms with Gasteiger partial charge in [-0.05, 0) is 32.9 Å². The Labute approximate surface area is 217 Å². The number of primary sulfonamides is 1. The molecule has 5 rings (SSSR count). The summed E-state index contributed by atoms with van der Waals surface area (Å²) in [6, 6.07) is 4.92. The minimum Gasteiger partial charge on any atom is -0.354 e. The van der Waals surface area contributed by atoms with Crippen LogP contribution in [0.4, 0.5) is 16.3 Å². The number of likely N-dealkylation sites (N-methyl/N-ethyl adjacent to an activating group) is 1. The van der Waals surface area contributed by atoms with Gasteiger partial charge in [0.1, 0.15) is 23.4 Å². The molecule has 5 N–H and O–H groups in total. The van der Waals surface area contributed by atoms with E-state index in [2.05, 4.69) is 30.9 Å². The summed E-state index contributed by atoms with van der Waals surface area (Å²) in [4.78, 5) is 37.8. The quantitative estimate of drug-likeness (QED) is 0.340. The molecule has 2 aliphatic rings. The highest BCUT2D eigenvalue weighted by atomic mass is 32.2. The van der Waals surface area contributed by atoms with Crippen molar-refractivity contribution in [3.8, 4) is 0 Å². The van der Waals surface area contributed by atoms with Crippen molar-refractivity contribution in [3.63, 3.8) is 0 Å². The molecule has 2 unspecified atom stereocenters. The minimum atomic E-state index is -4.07. The van der Waals surface area contributed by atoms with Crippen LogP contribution >= 0.6 is 0 Å². The van der Waals surface area contributed by atoms with Gasteiger partial charge in [-0.1, -0.05) is 12.1 Å². The number of nitrogens with zero attached hydrogens (tertiary/aromatic N) is 4. The van der Waals surface area contributed by atoms with Gasteiger partial charge < -0.3 is 24.8 Å². The number of ether oxygens (including phenoxy) is 3. The Bertz CT molecular complexity index is 1510. The number of amides is 3. The number of hydrogen-bond donors (Lipinski definition) is 4. The number of urea groups is 1. The summed E-state index contributed by atoms with van der Waals surface area (Å²) in [6.45, 7) is 5.72. The molecule has 38 heavy (non-hydrogen) atoms. The summed E-state index contributed by atoms with van der Waals surface area (Å²) in [6.07, 6.45) is -0.374. The lowest BCUT2D eigenvalue weighted by Gasteiger charge is -2.24. The van der Waals surface area contributed by atoms with Crippen LogP contribution in [0.25, 0.3) is 11.2 Å². The molecular weight excluding hydrogens is 520 g/mol. The number of nitrogens with one attached hydrogen (secondary N) is 3. The van der Waals surface area contributed by atoms with Crippen LogP contribution in [0.3, 0.4) is 0 Å². The second-order valence-corrected chi connectivity index (χ2v) is 10.6. The van der Waals surface area contributed by atoms with Crippen molar-refractivity contribution in [1.29, 1.82) is 0 Å². The molecule has 3 amide bonds. The second-order valence-electron chi connectivity index (χ2n) is 9.07. The molecule has 0 saturated carbocycles. The number of carbonyl (C=O) groups excluding carboxylic acids is 2. The van der Waals surface area contributed by atoms with Crippen LogP contribution in [-0.2, 0) is 29.0 Å². The number of sulfonamides is 1. The summed E-state index contributed by atoms with van der Waals surface area (Å²) in [7, 11) is -4.07. The fourth-order valence-electron chi connectivity index (χ4n) is 4.50. The molecule has 4 heterocycles. The van der Waals surface area contributed by atoms with Crippen LogP contribution in [-0.4, -0.2) is 70.5 Å². The molecule has 2 aliphatic heterocycles. The maximum Gasteiger partial charge on any atom is 0.324 e. The van der Waals surface area contributed by atoms with E-state index >= 15 is 0 Å². The Morgan fingerprint density at radius 2 is 1.84 bits per heavy atom. The molecular formula is C22H26N8O7S. The topological polar surface area (TPSA) is 202 Å². The molecule has 16 heteroatoms. The van der Waals surface area contributed by atoms with Crippen LogP contribution in [0, 0.1) is 0 Å². The van der Waals surface area contributed by atoms with Crippen LogP contribution in [0.2, 0.25) is 0 Å². The van der Waals surface area contributed by atoms with E-state index in [1.165, 1.54) is 30.9 Å². The van der Waals surface area contributed by atoms with Gasteiger partial charge in [-0.15, -0.1) is 0 Å². The van der Waals surface area contributed by atoms with Crippen LogP contribution in [0.1, 0.15) is 27.0 Å². The average molecular weight is 547 g/mol. The average Bonchev–Trinajstić information content (AvgIpc) is 3.50. The van der Waals surface area contributed by atoms with Crippen LogP contribution in [0.5, 0.6) is 0 Å². The molecule has 2 aromatic heterocycles. The molecule has 4 atom stereocenters. The Morgan fingerprint density at radius 3 is 2.58 bits per heavy atom. The first-order valence-electron chi connectivity index (χ1n) is 11.6. The predicted octanol–water partition coefficient (Wildman–Crippen LogP) is 0.671. The van der Waals surface area contributed by atoms with Gasteiger partial charge >= 0.3 is 6.03 Å². The zero-order valence-electron chi connectivity index (χ0n) is 20.6. The lowest BCUT2D eigenvalue weighted by molar-refractivity contribution is -0.197. The van der Waals surface area contributed by atoms with E-state index in [1.807, 2.05) is 0 Å². The highest BCUT2D eigenvalue weighted by Gasteiger charge is 2.58. The van der Waals surface area contributed by atoms with E-state index in [0.29, 0.717) is 12.2 Å². The highest BCUT2D eigenvalue weighted by Crippen LogP contribution is 2.44. The molecule has 0 spiro atoms. The molecule has 0 bridgehead atoms. The van der Waals surface area contributed by atoms with E-state index in [-0.39, 0.29) is 27.8 Å². The molecule has 15 nitrogen and oxygen atoms in total. The van der Waals surface area contributed by atoms with Crippen molar-refractivity contribution in [3.05, 3.63) is 36.9 Å². The lowest BCUT2D eigenvalue weighted by atomic mass is 10.1. The fourth-order valence-corrected chi connectivity index (χ4v) is 5.19. The number of hydrogen-bond acceptors (Lipinski definition) is 10. The van der Waals surface area contributed by atoms with Crippen molar-refractivity contribution in [1.82, 2.24) is 24.8 Å². The third kappa shape index (κ3) is 4.79. The number of anilines is 2. The van der Waals surface area contributed by atoms with Crippen molar-refractivity contribution in [2.24, 2.45) is 5.14 Å². The van der Waals surface area contributed by atoms with Crippen LogP contribution < -0.4 is 21.1 Å². The fraction of sp³-hybridized carbons (Fsp3) is 0.409. The summed E-state index contributed by atoms with van der Waals surface area (Å²) < 4.78 is 43.3. The summed E-state index contributed by atoms with van der Waals surface area (Å²) >= 11 is 0. The van der Waals surface area contributed by atoms with Gasteiger partial charge in [0.25, 0.3) is 5.91 Å². The number of aromatic nitrogens is 4. The first-order chi connectivity index (χ1) is 18.0. The number of imidazole rings is 1. The SMILES string of the molecule is CCNC(=O)[C@H]1O[C@@H](n2cnc3c(NC(=O)Nc4ccccc4S(N)(=O)=O)ncnc32)C2OC(C)(C)OC21. The standard InChI is InChI=1S/C22H26N8O7S/c1-4-24-19(31)15-14-16(37-22(2,3)36-14)20(35-15)30-10-27-13-17(25-9-26-18(13)30)29-21(32)28-11-7-5-6-8-12(11)38(23,33)34/h5-10,14-16,20H,4H2,1-3H3,(H,24,31)(H2,23,33,34)(H2,25,26,28,29,32)/t14?,15-,16?,20+/m0/s1. The van der Waals surface area contributed by atoms with Gasteiger partial charge in [0.2, 0.25) is 10.0 Å². The smallest absolute Gasteiger partial charge is 0.324 e. The number of nitrogens with two attached hydrogens (primary N) is 1. The maximum absolute atomic E-state index is 12.7. The van der Waals surface area contributed by atoms with E-state index < -0.39 is 46.4 Å². The Morgan fingerprint density at radius 1 is 1.11 bits per heavy atom. The Balaban J connectivity index is 1.42. The van der Waals surface area contributed by atoms with Crippen molar-refractivity contribution >= 4 is 44.6 Å². The summed E-state index contributed by atoms with van der Waals surface area (Å²) in [5.41, 5.74) is 0.516. The molecule has 2 saturated heterocycles. The number of carbonyl (C=O) groups is 2. The van der Waals surface area contributed by atoms with Crippen molar-refractivity contribution in [2.75, 3.05) is 17.2 Å². The van der Waals surface area contributed by atoms with Gasteiger partial charge in [-0.25, -0.2) is 33.3 Å². The third-order valence-electron chi connectivity index (χ3n) is 5.95. The van der Waals surface area contributed by atoms with Crippen LogP contribution in [0.15, 0.2) is 41.8 Å². The van der Waals surface area contributed by atoms with Gasteiger partial charge in [0, 0.05) is 6.54 Å². The zero-order valence-corrected chi connectivity index (χ0v) is 21.4. The first kappa shape index (κ1) is 25.9. The number of fused-ring (bicyclic) bond motifs is 2. The summed E-state index contributed by atoms with van der Waals surface area (Å²) in [5, 5.41) is 13.0. The lowest BCUT2D eigenvalue weighted by Crippen LogP contribution is -2.42. The van der Waals surface area contributed by atoms with Gasteiger partial charge in [-0.3, -0.25) is 14.7 Å². The van der Waals surface area contributed by atoms with E-state index in [9.17, 15) is 18.0 Å². The Hall–Kier alpha value is -3.70. The molecule has 0 aliphatic carbocycles. The Kier molecular flexibility index (Phi) is 6.52.